The first-order chi connectivity index (χ1) is 16.7. The molecule has 0 aliphatic rings. The number of hydrogen-bond acceptors (Lipinski definition) is 6. The zero-order chi connectivity index (χ0) is 26.7. The first-order valence-corrected chi connectivity index (χ1v) is 13.1. The number of ether oxygens (including phenoxy) is 1. The molecule has 3 aromatic carbocycles. The summed E-state index contributed by atoms with van der Waals surface area (Å²) in [4.78, 5) is 12.5. The minimum atomic E-state index is -4.85. The van der Waals surface area contributed by atoms with E-state index in [2.05, 4.69) is 10.1 Å². The summed E-state index contributed by atoms with van der Waals surface area (Å²) in [6.45, 7) is 1.65. The third kappa shape index (κ3) is 7.37. The summed E-state index contributed by atoms with van der Waals surface area (Å²) < 4.78 is 80.3. The number of carbonyl (C=O) groups excluding carboxylic acids is 1. The Balaban J connectivity index is 1.69. The second-order valence-electron chi connectivity index (χ2n) is 7.79. The fourth-order valence-electron chi connectivity index (χ4n) is 3.32. The molecular weight excluding hydrogens is 522 g/mol. The molecule has 6 nitrogen and oxygen atoms in total. The number of amides is 1. The van der Waals surface area contributed by atoms with Gasteiger partial charge in [-0.3, -0.25) is 4.79 Å². The number of halogens is 4. The van der Waals surface area contributed by atoms with E-state index in [1.54, 1.807) is 13.0 Å². The zero-order valence-electron chi connectivity index (χ0n) is 19.0. The highest BCUT2D eigenvalue weighted by molar-refractivity contribution is 7.99. The van der Waals surface area contributed by atoms with Crippen LogP contribution in [0.4, 0.5) is 23.2 Å². The Morgan fingerprint density at radius 3 is 2.44 bits per heavy atom. The maximum atomic E-state index is 14.7. The van der Waals surface area contributed by atoms with Crippen LogP contribution in [0.2, 0.25) is 0 Å². The van der Waals surface area contributed by atoms with Gasteiger partial charge in [0.05, 0.1) is 12.1 Å². The van der Waals surface area contributed by atoms with Crippen LogP contribution in [0.25, 0.3) is 0 Å². The van der Waals surface area contributed by atoms with Crippen molar-refractivity contribution in [3.63, 3.8) is 0 Å². The summed E-state index contributed by atoms with van der Waals surface area (Å²) in [5, 5.41) is 11.6. The zero-order valence-corrected chi connectivity index (χ0v) is 20.6. The molecule has 192 valence electrons. The van der Waals surface area contributed by atoms with Gasteiger partial charge in [-0.1, -0.05) is 24.3 Å². The monoisotopic (exact) mass is 543 g/mol. The third-order valence-electron chi connectivity index (χ3n) is 4.90. The van der Waals surface area contributed by atoms with Crippen LogP contribution in [0, 0.1) is 5.82 Å². The average molecular weight is 544 g/mol. The second kappa shape index (κ2) is 10.8. The number of benzene rings is 3. The lowest BCUT2D eigenvalue weighted by Crippen LogP contribution is -2.18. The van der Waals surface area contributed by atoms with Crippen molar-refractivity contribution in [1.29, 1.82) is 0 Å². The lowest BCUT2D eigenvalue weighted by molar-refractivity contribution is -0.274. The van der Waals surface area contributed by atoms with Crippen molar-refractivity contribution in [2.75, 3.05) is 11.6 Å². The van der Waals surface area contributed by atoms with Crippen molar-refractivity contribution in [2.45, 2.75) is 34.7 Å². The number of rotatable bonds is 8. The minimum absolute atomic E-state index is 0.125. The molecule has 0 spiro atoms. The predicted octanol–water partition coefficient (Wildman–Crippen LogP) is 5.87. The van der Waals surface area contributed by atoms with Crippen LogP contribution in [-0.4, -0.2) is 32.0 Å². The number of phenolic OH excluding ortho intramolecular Hbond substituents is 1. The van der Waals surface area contributed by atoms with Gasteiger partial charge in [0.25, 0.3) is 0 Å². The van der Waals surface area contributed by atoms with Crippen LogP contribution in [0.5, 0.6) is 11.5 Å². The summed E-state index contributed by atoms with van der Waals surface area (Å²) in [5.41, 5.74) is 0.451. The third-order valence-corrected chi connectivity index (χ3v) is 7.16. The van der Waals surface area contributed by atoms with Crippen LogP contribution in [0.1, 0.15) is 23.3 Å². The highest BCUT2D eigenvalue weighted by Crippen LogP contribution is 2.41. The standard InChI is InChI=1S/C24H21F4NO5S2/c1-14(17-5-3-4-6-21(17)34-24(26,27)28)35-16-8-9-19(18(25)13-16)29-23(31)12-15-7-10-20(30)22(11-15)36(2,32)33/h3-11,13-14,30H,12H2,1-2H3,(H,29,31). The van der Waals surface area contributed by atoms with Crippen LogP contribution >= 0.6 is 11.8 Å². The van der Waals surface area contributed by atoms with Crippen molar-refractivity contribution >= 4 is 33.2 Å². The van der Waals surface area contributed by atoms with Crippen LogP contribution in [0.3, 0.4) is 0 Å². The number of alkyl halides is 3. The molecule has 0 fully saturated rings. The lowest BCUT2D eigenvalue weighted by Gasteiger charge is -2.18. The summed E-state index contributed by atoms with van der Waals surface area (Å²) in [6, 6.07) is 13.4. The van der Waals surface area contributed by atoms with Crippen molar-refractivity contribution < 1.29 is 40.6 Å². The van der Waals surface area contributed by atoms with Gasteiger partial charge in [0.1, 0.15) is 22.2 Å². The SMILES string of the molecule is CC(Sc1ccc(NC(=O)Cc2ccc(O)c(S(C)(=O)=O)c2)c(F)c1)c1ccccc1OC(F)(F)F. The Morgan fingerprint density at radius 2 is 1.81 bits per heavy atom. The van der Waals surface area contributed by atoms with Gasteiger partial charge >= 0.3 is 6.36 Å². The van der Waals surface area contributed by atoms with Gasteiger partial charge in [-0.25, -0.2) is 12.8 Å². The maximum Gasteiger partial charge on any atom is 0.573 e. The average Bonchev–Trinajstić information content (AvgIpc) is 2.75. The van der Waals surface area contributed by atoms with E-state index in [1.807, 2.05) is 0 Å². The van der Waals surface area contributed by atoms with Crippen molar-refractivity contribution in [3.05, 3.63) is 77.6 Å². The topological polar surface area (TPSA) is 92.7 Å². The van der Waals surface area contributed by atoms with E-state index >= 15 is 0 Å². The van der Waals surface area contributed by atoms with Crippen LogP contribution < -0.4 is 10.1 Å². The number of sulfone groups is 1. The molecule has 0 aliphatic carbocycles. The van der Waals surface area contributed by atoms with Gasteiger partial charge in [-0.2, -0.15) is 0 Å². The maximum absolute atomic E-state index is 14.7. The van der Waals surface area contributed by atoms with E-state index in [9.17, 15) is 35.9 Å². The molecule has 1 atom stereocenters. The fourth-order valence-corrected chi connectivity index (χ4v) is 5.18. The lowest BCUT2D eigenvalue weighted by atomic mass is 10.1. The number of thioether (sulfide) groups is 1. The molecule has 0 radical (unpaired) electrons. The van der Waals surface area contributed by atoms with E-state index < -0.39 is 38.9 Å². The van der Waals surface area contributed by atoms with E-state index in [0.29, 0.717) is 10.5 Å². The number of aromatic hydroxyl groups is 1. The number of anilines is 1. The molecular formula is C24H21F4NO5S2. The molecule has 0 aliphatic heterocycles. The first-order valence-electron chi connectivity index (χ1n) is 10.4. The first kappa shape index (κ1) is 27.3. The van der Waals surface area contributed by atoms with Crippen molar-refractivity contribution in [3.8, 4) is 11.5 Å². The molecule has 0 saturated heterocycles. The molecule has 0 bridgehead atoms. The highest BCUT2D eigenvalue weighted by Gasteiger charge is 2.32. The van der Waals surface area contributed by atoms with Gasteiger partial charge < -0.3 is 15.2 Å². The largest absolute Gasteiger partial charge is 0.573 e. The highest BCUT2D eigenvalue weighted by atomic mass is 32.2. The smallest absolute Gasteiger partial charge is 0.507 e. The van der Waals surface area contributed by atoms with Crippen molar-refractivity contribution in [2.24, 2.45) is 0 Å². The number of nitrogens with one attached hydrogen (secondary N) is 1. The molecule has 0 aromatic heterocycles. The molecule has 3 aromatic rings. The Kier molecular flexibility index (Phi) is 8.19. The van der Waals surface area contributed by atoms with Crippen LogP contribution in [-0.2, 0) is 21.1 Å². The predicted molar refractivity (Wildman–Crippen MR) is 127 cm³/mol. The molecule has 36 heavy (non-hydrogen) atoms. The Morgan fingerprint density at radius 1 is 1.11 bits per heavy atom. The number of hydrogen-bond donors (Lipinski definition) is 2. The number of para-hydroxylation sites is 1. The summed E-state index contributed by atoms with van der Waals surface area (Å²) in [5.74, 6) is -2.17. The summed E-state index contributed by atoms with van der Waals surface area (Å²) in [6.07, 6.45) is -4.20. The van der Waals surface area contributed by atoms with E-state index in [4.69, 9.17) is 0 Å². The molecule has 3 rings (SSSR count). The normalized spacial score (nSPS) is 12.7. The van der Waals surface area contributed by atoms with E-state index in [0.717, 1.165) is 30.2 Å². The summed E-state index contributed by atoms with van der Waals surface area (Å²) in [7, 11) is -3.71. The molecule has 12 heteroatoms. The van der Waals surface area contributed by atoms with Crippen LogP contribution in [0.15, 0.2) is 70.5 Å². The second-order valence-corrected chi connectivity index (χ2v) is 11.2. The quantitative estimate of drug-likeness (QED) is 0.273. The van der Waals surface area contributed by atoms with Gasteiger partial charge in [-0.15, -0.1) is 24.9 Å². The van der Waals surface area contributed by atoms with Gasteiger partial charge in [-0.05, 0) is 48.9 Å². The molecule has 0 saturated carbocycles. The number of carbonyl (C=O) groups is 1. The Bertz CT molecular complexity index is 1380. The molecule has 2 N–H and O–H groups in total. The van der Waals surface area contributed by atoms with Crippen molar-refractivity contribution in [1.82, 2.24) is 0 Å². The molecule has 1 amide bonds. The van der Waals surface area contributed by atoms with E-state index in [-0.39, 0.29) is 28.3 Å². The van der Waals surface area contributed by atoms with E-state index in [1.165, 1.54) is 42.5 Å². The minimum Gasteiger partial charge on any atom is -0.507 e. The molecule has 1 unspecified atom stereocenters. The Hall–Kier alpha value is -3.25. The van der Waals surface area contributed by atoms with Gasteiger partial charge in [0, 0.05) is 22.0 Å². The van der Waals surface area contributed by atoms with Gasteiger partial charge in [0.2, 0.25) is 5.91 Å². The summed E-state index contributed by atoms with van der Waals surface area (Å²) >= 11 is 1.11. The Labute approximate surface area is 209 Å². The van der Waals surface area contributed by atoms with Gasteiger partial charge in [0.15, 0.2) is 9.84 Å². The number of phenols is 1. The fraction of sp³-hybridized carbons (Fsp3) is 0.208. The molecule has 0 heterocycles.